The molecule has 4 heteroatoms. The van der Waals surface area contributed by atoms with Crippen molar-refractivity contribution in [2.45, 2.75) is 6.42 Å². The van der Waals surface area contributed by atoms with Crippen molar-refractivity contribution in [1.29, 1.82) is 0 Å². The Labute approximate surface area is 102 Å². The minimum Gasteiger partial charge on any atom is -0.453 e. The number of fused-ring (bicyclic) bond motifs is 1. The molecule has 0 atom stereocenters. The number of carbonyl (C=O) groups is 1. The number of aromatic nitrogens is 1. The number of nitrogens with zero attached hydrogens (tertiary/aromatic N) is 1. The molecule has 0 saturated heterocycles. The van der Waals surface area contributed by atoms with Crippen LogP contribution in [0.25, 0.3) is 11.0 Å². The van der Waals surface area contributed by atoms with Crippen LogP contribution < -0.4 is 0 Å². The van der Waals surface area contributed by atoms with Crippen molar-refractivity contribution >= 4 is 28.1 Å². The summed E-state index contributed by atoms with van der Waals surface area (Å²) in [4.78, 5) is 16.0. The van der Waals surface area contributed by atoms with Crippen LogP contribution in [0.1, 0.15) is 15.6 Å². The van der Waals surface area contributed by atoms with Crippen LogP contribution in [0, 0.1) is 0 Å². The summed E-state index contributed by atoms with van der Waals surface area (Å²) in [6.07, 6.45) is 2.00. The van der Waals surface area contributed by atoms with E-state index in [1.165, 1.54) is 11.3 Å². The van der Waals surface area contributed by atoms with Crippen LogP contribution >= 0.6 is 11.3 Å². The van der Waals surface area contributed by atoms with Crippen molar-refractivity contribution in [3.63, 3.8) is 0 Å². The molecule has 0 saturated carbocycles. The molecule has 0 N–H and O–H groups in total. The largest absolute Gasteiger partial charge is 0.453 e. The van der Waals surface area contributed by atoms with Gasteiger partial charge in [0.05, 0.1) is 6.42 Å². The van der Waals surface area contributed by atoms with E-state index in [0.29, 0.717) is 12.2 Å². The van der Waals surface area contributed by atoms with Crippen molar-refractivity contribution in [3.05, 3.63) is 52.7 Å². The van der Waals surface area contributed by atoms with E-state index in [0.717, 1.165) is 16.0 Å². The zero-order chi connectivity index (χ0) is 11.7. The van der Waals surface area contributed by atoms with Gasteiger partial charge in [-0.05, 0) is 12.1 Å². The molecule has 17 heavy (non-hydrogen) atoms. The average Bonchev–Trinajstić information content (AvgIpc) is 2.96. The van der Waals surface area contributed by atoms with Gasteiger partial charge < -0.3 is 4.42 Å². The van der Waals surface area contributed by atoms with E-state index in [1.54, 1.807) is 12.3 Å². The maximum Gasteiger partial charge on any atom is 0.204 e. The molecule has 0 amide bonds. The number of rotatable bonds is 3. The number of thiazole rings is 1. The Bertz CT molecular complexity index is 622. The van der Waals surface area contributed by atoms with E-state index in [9.17, 15) is 4.79 Å². The molecule has 84 valence electrons. The molecule has 0 bridgehead atoms. The third kappa shape index (κ3) is 1.99. The average molecular weight is 243 g/mol. The van der Waals surface area contributed by atoms with Crippen molar-refractivity contribution in [3.8, 4) is 0 Å². The fourth-order valence-electron chi connectivity index (χ4n) is 1.68. The first-order chi connectivity index (χ1) is 8.33. The Morgan fingerprint density at radius 3 is 3.00 bits per heavy atom. The molecule has 2 heterocycles. The molecule has 0 unspecified atom stereocenters. The molecule has 2 aromatic heterocycles. The lowest BCUT2D eigenvalue weighted by Crippen LogP contribution is -2.01. The van der Waals surface area contributed by atoms with Crippen molar-refractivity contribution in [1.82, 2.24) is 4.98 Å². The third-order valence-electron chi connectivity index (χ3n) is 2.50. The summed E-state index contributed by atoms with van der Waals surface area (Å²) >= 11 is 1.48. The summed E-state index contributed by atoms with van der Waals surface area (Å²) in [5.41, 5.74) is 0.745. The Hall–Kier alpha value is -1.94. The first-order valence-corrected chi connectivity index (χ1v) is 6.11. The number of carbonyl (C=O) groups excluding carboxylic acids is 1. The van der Waals surface area contributed by atoms with Gasteiger partial charge in [0.1, 0.15) is 10.6 Å². The van der Waals surface area contributed by atoms with Gasteiger partial charge in [-0.25, -0.2) is 4.98 Å². The Morgan fingerprint density at radius 2 is 2.24 bits per heavy atom. The number of hydrogen-bond donors (Lipinski definition) is 0. The SMILES string of the molecule is O=C(Cc1nccs1)c1cc2ccccc2o1. The predicted octanol–water partition coefficient (Wildman–Crippen LogP) is 3.31. The molecule has 3 nitrogen and oxygen atoms in total. The molecule has 0 radical (unpaired) electrons. The lowest BCUT2D eigenvalue weighted by atomic mass is 10.2. The number of para-hydroxylation sites is 1. The van der Waals surface area contributed by atoms with Gasteiger partial charge in [0.2, 0.25) is 5.78 Å². The quantitative estimate of drug-likeness (QED) is 0.663. The van der Waals surface area contributed by atoms with Crippen LogP contribution in [-0.4, -0.2) is 10.8 Å². The molecule has 0 spiro atoms. The van der Waals surface area contributed by atoms with E-state index >= 15 is 0 Å². The Balaban J connectivity index is 1.90. The summed E-state index contributed by atoms with van der Waals surface area (Å²) in [7, 11) is 0. The summed E-state index contributed by atoms with van der Waals surface area (Å²) in [6, 6.07) is 9.38. The summed E-state index contributed by atoms with van der Waals surface area (Å²) in [5, 5.41) is 3.63. The summed E-state index contributed by atoms with van der Waals surface area (Å²) < 4.78 is 5.51. The Morgan fingerprint density at radius 1 is 1.35 bits per heavy atom. The monoisotopic (exact) mass is 243 g/mol. The standard InChI is InChI=1S/C13H9NO2S/c15-10(8-13-14-5-6-17-13)12-7-9-3-1-2-4-11(9)16-12/h1-7H,8H2. The van der Waals surface area contributed by atoms with Crippen LogP contribution in [-0.2, 0) is 6.42 Å². The molecular formula is C13H9NO2S. The molecule has 3 rings (SSSR count). The third-order valence-corrected chi connectivity index (χ3v) is 3.28. The highest BCUT2D eigenvalue weighted by Crippen LogP contribution is 2.20. The van der Waals surface area contributed by atoms with Crippen LogP contribution in [0.2, 0.25) is 0 Å². The van der Waals surface area contributed by atoms with Gasteiger partial charge in [-0.2, -0.15) is 0 Å². The topological polar surface area (TPSA) is 43.1 Å². The minimum absolute atomic E-state index is 0.0313. The van der Waals surface area contributed by atoms with Gasteiger partial charge in [-0.1, -0.05) is 18.2 Å². The van der Waals surface area contributed by atoms with Crippen LogP contribution in [0.15, 0.2) is 46.3 Å². The summed E-state index contributed by atoms with van der Waals surface area (Å²) in [6.45, 7) is 0. The normalized spacial score (nSPS) is 10.8. The number of furan rings is 1. The molecule has 0 aliphatic carbocycles. The highest BCUT2D eigenvalue weighted by atomic mass is 32.1. The Kier molecular flexibility index (Phi) is 2.49. The van der Waals surface area contributed by atoms with E-state index in [2.05, 4.69) is 4.98 Å². The fourth-order valence-corrected chi connectivity index (χ4v) is 2.30. The maximum absolute atomic E-state index is 12.0. The van der Waals surface area contributed by atoms with E-state index in [4.69, 9.17) is 4.42 Å². The second kappa shape index (κ2) is 4.14. The van der Waals surface area contributed by atoms with Crippen molar-refractivity contribution < 1.29 is 9.21 Å². The lowest BCUT2D eigenvalue weighted by molar-refractivity contribution is 0.0968. The smallest absolute Gasteiger partial charge is 0.204 e. The first kappa shape index (κ1) is 10.2. The van der Waals surface area contributed by atoms with Gasteiger partial charge >= 0.3 is 0 Å². The lowest BCUT2D eigenvalue weighted by Gasteiger charge is -1.92. The zero-order valence-electron chi connectivity index (χ0n) is 8.92. The van der Waals surface area contributed by atoms with Gasteiger partial charge in [0, 0.05) is 17.0 Å². The number of Topliss-reactive ketones (excluding diaryl/α,β-unsaturated/α-hetero) is 1. The van der Waals surface area contributed by atoms with Crippen LogP contribution in [0.4, 0.5) is 0 Å². The highest BCUT2D eigenvalue weighted by molar-refractivity contribution is 7.09. The zero-order valence-corrected chi connectivity index (χ0v) is 9.74. The van der Waals surface area contributed by atoms with Crippen molar-refractivity contribution in [2.24, 2.45) is 0 Å². The van der Waals surface area contributed by atoms with Crippen LogP contribution in [0.3, 0.4) is 0 Å². The van der Waals surface area contributed by atoms with Gasteiger partial charge in [0.25, 0.3) is 0 Å². The van der Waals surface area contributed by atoms with E-state index < -0.39 is 0 Å². The van der Waals surface area contributed by atoms with E-state index in [1.807, 2.05) is 29.6 Å². The van der Waals surface area contributed by atoms with Crippen LogP contribution in [0.5, 0.6) is 0 Å². The number of benzene rings is 1. The highest BCUT2D eigenvalue weighted by Gasteiger charge is 2.13. The summed E-state index contributed by atoms with van der Waals surface area (Å²) in [5.74, 6) is 0.373. The minimum atomic E-state index is -0.0313. The van der Waals surface area contributed by atoms with E-state index in [-0.39, 0.29) is 5.78 Å². The predicted molar refractivity (Wildman–Crippen MR) is 66.4 cm³/mol. The first-order valence-electron chi connectivity index (χ1n) is 5.23. The number of ketones is 1. The van der Waals surface area contributed by atoms with Gasteiger partial charge in [-0.3, -0.25) is 4.79 Å². The number of hydrogen-bond acceptors (Lipinski definition) is 4. The molecule has 0 aliphatic rings. The second-order valence-electron chi connectivity index (χ2n) is 3.67. The molecule has 0 aliphatic heterocycles. The molecule has 0 fully saturated rings. The molecular weight excluding hydrogens is 234 g/mol. The van der Waals surface area contributed by atoms with Crippen molar-refractivity contribution in [2.75, 3.05) is 0 Å². The van der Waals surface area contributed by atoms with Gasteiger partial charge in [0.15, 0.2) is 5.76 Å². The second-order valence-corrected chi connectivity index (χ2v) is 4.65. The van der Waals surface area contributed by atoms with Gasteiger partial charge in [-0.15, -0.1) is 11.3 Å². The molecule has 3 aromatic rings. The fraction of sp³-hybridized carbons (Fsp3) is 0.0769. The maximum atomic E-state index is 12.0. The molecule has 1 aromatic carbocycles.